The molecule has 0 unspecified atom stereocenters. The van der Waals surface area contributed by atoms with Crippen molar-refractivity contribution in [3.63, 3.8) is 0 Å². The molecule has 0 aromatic rings. The van der Waals surface area contributed by atoms with Crippen LogP contribution in [0.5, 0.6) is 0 Å². The van der Waals surface area contributed by atoms with Crippen molar-refractivity contribution < 1.29 is 40.5 Å². The number of aliphatic hydroxyl groups excluding tert-OH is 6. The van der Waals surface area contributed by atoms with E-state index in [1.54, 1.807) is 0 Å². The maximum atomic E-state index is 10.2. The van der Waals surface area contributed by atoms with Gasteiger partial charge in [-0.25, -0.2) is 4.79 Å². The number of aliphatic carboxylic acids is 1. The van der Waals surface area contributed by atoms with Crippen LogP contribution in [0, 0.1) is 0 Å². The molecular weight excluding hydrogens is 212 g/mol. The van der Waals surface area contributed by atoms with Crippen molar-refractivity contribution in [2.75, 3.05) is 6.61 Å². The second kappa shape index (κ2) is 5.95. The van der Waals surface area contributed by atoms with E-state index in [-0.39, 0.29) is 0 Å². The first-order valence-electron chi connectivity index (χ1n) is 4.07. The molecule has 0 spiro atoms. The highest BCUT2D eigenvalue weighted by Crippen LogP contribution is 2.08. The highest BCUT2D eigenvalue weighted by molar-refractivity contribution is 5.72. The molecule has 8 heteroatoms. The van der Waals surface area contributed by atoms with Gasteiger partial charge in [-0.05, 0) is 0 Å². The van der Waals surface area contributed by atoms with Crippen molar-refractivity contribution in [1.29, 1.82) is 0 Å². The minimum Gasteiger partial charge on any atom is -0.479 e. The van der Waals surface area contributed by atoms with E-state index >= 15 is 0 Å². The molecule has 0 saturated heterocycles. The van der Waals surface area contributed by atoms with E-state index < -0.39 is 43.1 Å². The number of aliphatic hydroxyl groups is 6. The van der Waals surface area contributed by atoms with Gasteiger partial charge in [-0.2, -0.15) is 0 Å². The van der Waals surface area contributed by atoms with Gasteiger partial charge in [-0.3, -0.25) is 0 Å². The second-order valence-electron chi connectivity index (χ2n) is 3.00. The summed E-state index contributed by atoms with van der Waals surface area (Å²) in [5.74, 6) is -1.78. The van der Waals surface area contributed by atoms with Crippen molar-refractivity contribution in [3.05, 3.63) is 0 Å². The summed E-state index contributed by atoms with van der Waals surface area (Å²) in [7, 11) is 0. The fourth-order valence-electron chi connectivity index (χ4n) is 0.870. The quantitative estimate of drug-likeness (QED) is 0.240. The Labute approximate surface area is 84.7 Å². The molecule has 0 radical (unpaired) electrons. The molecule has 0 aliphatic heterocycles. The third kappa shape index (κ3) is 3.70. The van der Waals surface area contributed by atoms with Crippen LogP contribution in [0.4, 0.5) is 0 Å². The summed E-state index contributed by atoms with van der Waals surface area (Å²) >= 11 is 0. The Kier molecular flexibility index (Phi) is 5.65. The molecule has 90 valence electrons. The summed E-state index contributed by atoms with van der Waals surface area (Å²) in [6.07, 6.45) is -10.2. The fraction of sp³-hybridized carbons (Fsp3) is 0.857. The van der Waals surface area contributed by atoms with Crippen LogP contribution in [0.1, 0.15) is 0 Å². The van der Waals surface area contributed by atoms with E-state index in [1.165, 1.54) is 0 Å². The van der Waals surface area contributed by atoms with Crippen LogP contribution in [0.3, 0.4) is 0 Å². The normalized spacial score (nSPS) is 21.5. The van der Waals surface area contributed by atoms with Crippen molar-refractivity contribution in [3.8, 4) is 0 Å². The summed E-state index contributed by atoms with van der Waals surface area (Å²) in [6.45, 7) is -0.881. The molecule has 0 aromatic heterocycles. The van der Waals surface area contributed by atoms with Gasteiger partial charge in [-0.1, -0.05) is 0 Å². The van der Waals surface area contributed by atoms with Crippen LogP contribution in [-0.2, 0) is 4.79 Å². The Morgan fingerprint density at radius 3 is 1.73 bits per heavy atom. The fourth-order valence-corrected chi connectivity index (χ4v) is 0.870. The number of carbonyl (C=O) groups is 1. The van der Waals surface area contributed by atoms with E-state index in [1.807, 2.05) is 0 Å². The molecule has 0 amide bonds. The molecule has 8 nitrogen and oxygen atoms in total. The van der Waals surface area contributed by atoms with Gasteiger partial charge in [-0.15, -0.1) is 0 Å². The molecule has 0 aliphatic rings. The topological polar surface area (TPSA) is 159 Å². The molecule has 0 rings (SSSR count). The van der Waals surface area contributed by atoms with Crippen molar-refractivity contribution in [2.45, 2.75) is 30.5 Å². The maximum absolute atomic E-state index is 10.2. The van der Waals surface area contributed by atoms with E-state index in [9.17, 15) is 4.79 Å². The Bertz CT molecular complexity index is 207. The predicted molar refractivity (Wildman–Crippen MR) is 44.8 cm³/mol. The minimum atomic E-state index is -2.29. The lowest BCUT2D eigenvalue weighted by atomic mass is 9.99. The molecule has 0 aliphatic carbocycles. The Morgan fingerprint density at radius 1 is 0.933 bits per heavy atom. The SMILES string of the molecule is O=C(O)[C@H](O)[C@H](O)[C@H](O)[C@H](O)[C@@H](O)CO. The number of hydrogen-bond acceptors (Lipinski definition) is 7. The van der Waals surface area contributed by atoms with Crippen molar-refractivity contribution in [1.82, 2.24) is 0 Å². The average Bonchev–Trinajstić information content (AvgIpc) is 2.23. The molecule has 0 bridgehead atoms. The van der Waals surface area contributed by atoms with Gasteiger partial charge in [0.15, 0.2) is 6.10 Å². The average molecular weight is 226 g/mol. The zero-order valence-electron chi connectivity index (χ0n) is 7.63. The van der Waals surface area contributed by atoms with E-state index in [4.69, 9.17) is 35.7 Å². The zero-order valence-corrected chi connectivity index (χ0v) is 7.63. The summed E-state index contributed by atoms with van der Waals surface area (Å²) in [6, 6.07) is 0. The van der Waals surface area contributed by atoms with Crippen LogP contribution < -0.4 is 0 Å². The Morgan fingerprint density at radius 2 is 1.40 bits per heavy atom. The van der Waals surface area contributed by atoms with Crippen LogP contribution >= 0.6 is 0 Å². The highest BCUT2D eigenvalue weighted by atomic mass is 16.4. The predicted octanol–water partition coefficient (Wildman–Crippen LogP) is -4.13. The Balaban J connectivity index is 4.42. The molecule has 0 saturated carbocycles. The number of carboxylic acids is 1. The van der Waals surface area contributed by atoms with Gasteiger partial charge in [0.1, 0.15) is 24.4 Å². The lowest BCUT2D eigenvalue weighted by Gasteiger charge is -2.26. The van der Waals surface area contributed by atoms with E-state index in [2.05, 4.69) is 0 Å². The largest absolute Gasteiger partial charge is 0.479 e. The van der Waals surface area contributed by atoms with Gasteiger partial charge >= 0.3 is 5.97 Å². The van der Waals surface area contributed by atoms with Crippen molar-refractivity contribution in [2.24, 2.45) is 0 Å². The summed E-state index contributed by atoms with van der Waals surface area (Å²) < 4.78 is 0. The molecule has 0 fully saturated rings. The summed E-state index contributed by atoms with van der Waals surface area (Å²) in [4.78, 5) is 10.2. The van der Waals surface area contributed by atoms with E-state index in [0.29, 0.717) is 0 Å². The molecule has 0 heterocycles. The van der Waals surface area contributed by atoms with Gasteiger partial charge in [0.2, 0.25) is 0 Å². The molecular formula is C7H14O8. The number of hydrogen-bond donors (Lipinski definition) is 7. The first-order chi connectivity index (χ1) is 6.82. The molecule has 15 heavy (non-hydrogen) atoms. The maximum Gasteiger partial charge on any atom is 0.335 e. The molecule has 5 atom stereocenters. The third-order valence-corrected chi connectivity index (χ3v) is 1.86. The number of carboxylic acid groups (broad SMARTS) is 1. The lowest BCUT2D eigenvalue weighted by molar-refractivity contribution is -0.169. The van der Waals surface area contributed by atoms with Crippen LogP contribution in [0.2, 0.25) is 0 Å². The summed E-state index contributed by atoms with van der Waals surface area (Å²) in [5, 5.41) is 61.5. The molecule has 0 aromatic carbocycles. The van der Waals surface area contributed by atoms with Gasteiger partial charge < -0.3 is 35.7 Å². The first kappa shape index (κ1) is 14.2. The monoisotopic (exact) mass is 226 g/mol. The molecule has 7 N–H and O–H groups in total. The van der Waals surface area contributed by atoms with Gasteiger partial charge in [0.05, 0.1) is 6.61 Å². The number of rotatable bonds is 6. The van der Waals surface area contributed by atoms with Crippen LogP contribution in [0.15, 0.2) is 0 Å². The van der Waals surface area contributed by atoms with Crippen LogP contribution in [0.25, 0.3) is 0 Å². The lowest BCUT2D eigenvalue weighted by Crippen LogP contribution is -2.51. The first-order valence-corrected chi connectivity index (χ1v) is 4.07. The highest BCUT2D eigenvalue weighted by Gasteiger charge is 2.36. The zero-order chi connectivity index (χ0) is 12.2. The standard InChI is InChI=1S/C7H14O8/c8-1-2(9)3(10)4(11)5(12)6(13)7(14)15/h2-6,8-13H,1H2,(H,14,15)/t2-,3+,4+,5+,6+/m0/s1. The minimum absolute atomic E-state index is 0.881. The van der Waals surface area contributed by atoms with Gasteiger partial charge in [0.25, 0.3) is 0 Å². The second-order valence-corrected chi connectivity index (χ2v) is 3.00. The van der Waals surface area contributed by atoms with Gasteiger partial charge in [0, 0.05) is 0 Å². The van der Waals surface area contributed by atoms with Crippen LogP contribution in [-0.4, -0.2) is 78.8 Å². The summed E-state index contributed by atoms with van der Waals surface area (Å²) in [5.41, 5.74) is 0. The third-order valence-electron chi connectivity index (χ3n) is 1.86. The van der Waals surface area contributed by atoms with E-state index in [0.717, 1.165) is 0 Å². The van der Waals surface area contributed by atoms with Crippen molar-refractivity contribution >= 4 is 5.97 Å². The Hall–Kier alpha value is -0.770. The smallest absolute Gasteiger partial charge is 0.335 e.